The second kappa shape index (κ2) is 8.79. The summed E-state index contributed by atoms with van der Waals surface area (Å²) >= 11 is 0. The van der Waals surface area contributed by atoms with E-state index in [1.807, 2.05) is 19.1 Å². The van der Waals surface area contributed by atoms with E-state index in [1.54, 1.807) is 24.3 Å². The molecule has 0 saturated carbocycles. The summed E-state index contributed by atoms with van der Waals surface area (Å²) in [6.45, 7) is 5.67. The van der Waals surface area contributed by atoms with Gasteiger partial charge < -0.3 is 14.5 Å². The first kappa shape index (κ1) is 20.9. The van der Waals surface area contributed by atoms with Crippen molar-refractivity contribution >= 4 is 21.6 Å². The Balaban J connectivity index is 1.43. The van der Waals surface area contributed by atoms with E-state index in [-0.39, 0.29) is 17.7 Å². The van der Waals surface area contributed by atoms with Crippen LogP contribution in [0, 0.1) is 6.92 Å². The second-order valence-corrected chi connectivity index (χ2v) is 9.62. The quantitative estimate of drug-likeness (QED) is 0.749. The van der Waals surface area contributed by atoms with Crippen LogP contribution in [0.2, 0.25) is 0 Å². The van der Waals surface area contributed by atoms with Gasteiger partial charge in [-0.25, -0.2) is 8.42 Å². The predicted octanol–water partition coefficient (Wildman–Crippen LogP) is 1.93. The molecule has 0 bridgehead atoms. The van der Waals surface area contributed by atoms with Crippen LogP contribution in [0.1, 0.15) is 34.3 Å². The van der Waals surface area contributed by atoms with Crippen molar-refractivity contribution < 1.29 is 22.4 Å². The molecule has 0 spiro atoms. The number of sulfonamides is 1. The average Bonchev–Trinajstić information content (AvgIpc) is 3.33. The summed E-state index contributed by atoms with van der Waals surface area (Å²) in [6, 6.07) is 10.5. The third kappa shape index (κ3) is 4.53. The molecule has 0 radical (unpaired) electrons. The zero-order chi connectivity index (χ0) is 21.1. The van der Waals surface area contributed by atoms with Gasteiger partial charge in [0, 0.05) is 31.7 Å². The van der Waals surface area contributed by atoms with Crippen molar-refractivity contribution in [2.45, 2.75) is 19.4 Å². The van der Waals surface area contributed by atoms with Crippen LogP contribution in [-0.2, 0) is 14.8 Å². The number of hydrogen-bond donors (Lipinski definition) is 1. The summed E-state index contributed by atoms with van der Waals surface area (Å²) in [4.78, 5) is 15.0. The number of furan rings is 1. The molecule has 1 unspecified atom stereocenters. The Morgan fingerprint density at radius 2 is 1.83 bits per heavy atom. The number of morpholine rings is 1. The molecule has 9 heteroatoms. The first-order chi connectivity index (χ1) is 14.4. The first-order valence-electron chi connectivity index (χ1n) is 10.2. The number of carbonyl (C=O) groups is 1. The van der Waals surface area contributed by atoms with Crippen molar-refractivity contribution in [2.75, 3.05) is 49.5 Å². The van der Waals surface area contributed by atoms with Crippen LogP contribution in [0.15, 0.2) is 40.8 Å². The Kier molecular flexibility index (Phi) is 6.12. The monoisotopic (exact) mass is 433 g/mol. The molecular weight excluding hydrogens is 406 g/mol. The van der Waals surface area contributed by atoms with Gasteiger partial charge in [0.1, 0.15) is 11.5 Å². The molecular formula is C21H27N3O5S. The second-order valence-electron chi connectivity index (χ2n) is 7.61. The maximum atomic E-state index is 12.7. The lowest BCUT2D eigenvalue weighted by molar-refractivity contribution is 0.0117. The van der Waals surface area contributed by atoms with Crippen LogP contribution >= 0.6 is 0 Å². The van der Waals surface area contributed by atoms with E-state index in [0.717, 1.165) is 24.6 Å². The van der Waals surface area contributed by atoms with Crippen molar-refractivity contribution in [2.24, 2.45) is 0 Å². The summed E-state index contributed by atoms with van der Waals surface area (Å²) in [5.41, 5.74) is 1.09. The molecule has 2 saturated heterocycles. The SMILES string of the molecule is Cc1ccc(C(CNC(=O)c2ccc(N3CCCS3(=O)=O)cc2)N2CCOCC2)o1. The van der Waals surface area contributed by atoms with Gasteiger partial charge >= 0.3 is 0 Å². The lowest BCUT2D eigenvalue weighted by atomic mass is 10.1. The van der Waals surface area contributed by atoms with Crippen molar-refractivity contribution in [3.63, 3.8) is 0 Å². The number of rotatable bonds is 6. The molecule has 8 nitrogen and oxygen atoms in total. The zero-order valence-electron chi connectivity index (χ0n) is 17.0. The highest BCUT2D eigenvalue weighted by atomic mass is 32.2. The molecule has 1 aromatic carbocycles. The van der Waals surface area contributed by atoms with Gasteiger partial charge in [-0.15, -0.1) is 0 Å². The smallest absolute Gasteiger partial charge is 0.251 e. The fourth-order valence-corrected chi connectivity index (χ4v) is 5.50. The Hall–Kier alpha value is -2.36. The van der Waals surface area contributed by atoms with Gasteiger partial charge in [-0.1, -0.05) is 0 Å². The normalized spacial score (nSPS) is 20.2. The molecule has 1 aromatic heterocycles. The van der Waals surface area contributed by atoms with Gasteiger partial charge in [0.25, 0.3) is 5.91 Å². The van der Waals surface area contributed by atoms with Crippen molar-refractivity contribution in [3.05, 3.63) is 53.5 Å². The molecule has 3 heterocycles. The first-order valence-corrected chi connectivity index (χ1v) is 11.8. The fraction of sp³-hybridized carbons (Fsp3) is 0.476. The number of hydrogen-bond acceptors (Lipinski definition) is 6. The van der Waals surface area contributed by atoms with Crippen molar-refractivity contribution in [1.29, 1.82) is 0 Å². The summed E-state index contributed by atoms with van der Waals surface area (Å²) in [5, 5.41) is 3.00. The minimum Gasteiger partial charge on any atom is -0.465 e. The molecule has 162 valence electrons. The lowest BCUT2D eigenvalue weighted by Gasteiger charge is -2.33. The molecule has 2 aliphatic heterocycles. The summed E-state index contributed by atoms with van der Waals surface area (Å²) in [5.74, 6) is 1.63. The fourth-order valence-electron chi connectivity index (χ4n) is 3.93. The Morgan fingerprint density at radius 3 is 2.43 bits per heavy atom. The molecule has 2 fully saturated rings. The van der Waals surface area contributed by atoms with Gasteiger partial charge in [0.15, 0.2) is 0 Å². The highest BCUT2D eigenvalue weighted by Crippen LogP contribution is 2.25. The van der Waals surface area contributed by atoms with Crippen molar-refractivity contribution in [3.8, 4) is 0 Å². The van der Waals surface area contributed by atoms with Crippen LogP contribution in [0.3, 0.4) is 0 Å². The van der Waals surface area contributed by atoms with Crippen LogP contribution < -0.4 is 9.62 Å². The minimum absolute atomic E-state index is 0.0689. The predicted molar refractivity (Wildman–Crippen MR) is 113 cm³/mol. The molecule has 2 aliphatic rings. The topological polar surface area (TPSA) is 92.1 Å². The van der Waals surface area contributed by atoms with Gasteiger partial charge in [-0.3, -0.25) is 14.0 Å². The zero-order valence-corrected chi connectivity index (χ0v) is 17.9. The highest BCUT2D eigenvalue weighted by molar-refractivity contribution is 7.93. The molecule has 1 atom stereocenters. The Morgan fingerprint density at radius 1 is 1.10 bits per heavy atom. The Labute approximate surface area is 176 Å². The van der Waals surface area contributed by atoms with Crippen LogP contribution in [0.4, 0.5) is 5.69 Å². The van der Waals surface area contributed by atoms with E-state index in [0.29, 0.717) is 44.0 Å². The number of carbonyl (C=O) groups excluding carboxylic acids is 1. The van der Waals surface area contributed by atoms with E-state index in [9.17, 15) is 13.2 Å². The Bertz CT molecular complexity index is 980. The number of ether oxygens (including phenoxy) is 1. The van der Waals surface area contributed by atoms with Gasteiger partial charge in [-0.2, -0.15) is 0 Å². The van der Waals surface area contributed by atoms with E-state index >= 15 is 0 Å². The standard InChI is InChI=1S/C21H27N3O5S/c1-16-3-8-20(29-16)19(23-10-12-28-13-11-23)15-22-21(25)17-4-6-18(7-5-17)24-9-2-14-30(24,26)27/h3-8,19H,2,9-15H2,1H3,(H,22,25). The molecule has 1 amide bonds. The summed E-state index contributed by atoms with van der Waals surface area (Å²) in [6.07, 6.45) is 0.625. The lowest BCUT2D eigenvalue weighted by Crippen LogP contribution is -2.43. The number of nitrogens with zero attached hydrogens (tertiary/aromatic N) is 2. The number of amides is 1. The van der Waals surface area contributed by atoms with Gasteiger partial charge in [-0.05, 0) is 49.7 Å². The summed E-state index contributed by atoms with van der Waals surface area (Å²) < 4.78 is 36.8. The maximum Gasteiger partial charge on any atom is 0.251 e. The molecule has 4 rings (SSSR count). The van der Waals surface area contributed by atoms with E-state index in [4.69, 9.17) is 9.15 Å². The molecule has 0 aliphatic carbocycles. The summed E-state index contributed by atoms with van der Waals surface area (Å²) in [7, 11) is -3.23. The van der Waals surface area contributed by atoms with E-state index < -0.39 is 10.0 Å². The number of anilines is 1. The minimum atomic E-state index is -3.23. The average molecular weight is 434 g/mol. The molecule has 1 N–H and O–H groups in total. The highest BCUT2D eigenvalue weighted by Gasteiger charge is 2.29. The number of aryl methyl sites for hydroxylation is 1. The van der Waals surface area contributed by atoms with Gasteiger partial charge in [0.05, 0.1) is 30.7 Å². The van der Waals surface area contributed by atoms with Gasteiger partial charge in [0.2, 0.25) is 10.0 Å². The van der Waals surface area contributed by atoms with E-state index in [1.165, 1.54) is 4.31 Å². The number of nitrogens with one attached hydrogen (secondary N) is 1. The van der Waals surface area contributed by atoms with Crippen LogP contribution in [0.25, 0.3) is 0 Å². The maximum absolute atomic E-state index is 12.7. The van der Waals surface area contributed by atoms with Crippen LogP contribution in [0.5, 0.6) is 0 Å². The van der Waals surface area contributed by atoms with Crippen LogP contribution in [-0.4, -0.2) is 64.4 Å². The third-order valence-electron chi connectivity index (χ3n) is 5.55. The molecule has 2 aromatic rings. The van der Waals surface area contributed by atoms with Crippen molar-refractivity contribution in [1.82, 2.24) is 10.2 Å². The number of benzene rings is 1. The van der Waals surface area contributed by atoms with E-state index in [2.05, 4.69) is 10.2 Å². The molecule has 30 heavy (non-hydrogen) atoms. The largest absolute Gasteiger partial charge is 0.465 e. The third-order valence-corrected chi connectivity index (χ3v) is 7.42.